The van der Waals surface area contributed by atoms with Gasteiger partial charge in [0.25, 0.3) is 0 Å². The van der Waals surface area contributed by atoms with Gasteiger partial charge in [0.2, 0.25) is 0 Å². The van der Waals surface area contributed by atoms with Crippen molar-refractivity contribution < 1.29 is 0 Å². The molecule has 3 aromatic rings. The monoisotopic (exact) mass is 306 g/mol. The Balaban J connectivity index is 1.85. The molecule has 106 valence electrons. The van der Waals surface area contributed by atoms with Crippen LogP contribution in [0, 0.1) is 11.3 Å². The first kappa shape index (κ1) is 14.2. The van der Waals surface area contributed by atoms with E-state index in [0.717, 1.165) is 22.2 Å². The third-order valence-corrected chi connectivity index (χ3v) is 3.40. The van der Waals surface area contributed by atoms with Crippen LogP contribution in [0.15, 0.2) is 65.0 Å². The zero-order valence-corrected chi connectivity index (χ0v) is 12.3. The quantitative estimate of drug-likeness (QED) is 0.636. The van der Waals surface area contributed by atoms with Gasteiger partial charge in [0.05, 0.1) is 29.4 Å². The molecule has 5 heteroatoms. The summed E-state index contributed by atoms with van der Waals surface area (Å²) in [5, 5.41) is 18.9. The molecule has 1 aromatic heterocycles. The van der Waals surface area contributed by atoms with Crippen LogP contribution in [0.3, 0.4) is 0 Å². The molecule has 1 heterocycles. The van der Waals surface area contributed by atoms with Gasteiger partial charge >= 0.3 is 0 Å². The van der Waals surface area contributed by atoms with Crippen molar-refractivity contribution in [2.75, 3.05) is 0 Å². The molecule has 0 fully saturated rings. The lowest BCUT2D eigenvalue weighted by atomic mass is 10.1. The minimum absolute atomic E-state index is 0.424. The van der Waals surface area contributed by atoms with Gasteiger partial charge in [0.15, 0.2) is 0 Å². The Morgan fingerprint density at radius 2 is 2.05 bits per heavy atom. The Bertz CT molecular complexity index is 897. The number of hydrogen-bond donors (Lipinski definition) is 0. The summed E-state index contributed by atoms with van der Waals surface area (Å²) in [7, 11) is 0. The number of aromatic nitrogens is 1. The highest BCUT2D eigenvalue weighted by Crippen LogP contribution is 2.26. The Labute approximate surface area is 132 Å². The van der Waals surface area contributed by atoms with Crippen molar-refractivity contribution in [3.05, 3.63) is 70.9 Å². The van der Waals surface area contributed by atoms with Crippen molar-refractivity contribution in [2.45, 2.75) is 6.54 Å². The topological polar surface area (TPSA) is 61.4 Å². The van der Waals surface area contributed by atoms with E-state index in [4.69, 9.17) is 16.9 Å². The zero-order chi connectivity index (χ0) is 15.4. The van der Waals surface area contributed by atoms with E-state index in [0.29, 0.717) is 17.1 Å². The molecule has 0 saturated heterocycles. The lowest BCUT2D eigenvalue weighted by Crippen LogP contribution is -1.82. The summed E-state index contributed by atoms with van der Waals surface area (Å²) in [4.78, 5) is 4.27. The standard InChI is InChI=1S/C17H11ClN4/c18-14-4-5-15-16(6-7-20-17(15)9-14)22-21-11-13-3-1-2-12(8-13)10-19/h1-9H,11H2. The molecule has 0 atom stereocenters. The van der Waals surface area contributed by atoms with Crippen molar-refractivity contribution >= 4 is 28.2 Å². The summed E-state index contributed by atoms with van der Waals surface area (Å²) in [5.74, 6) is 0. The molecule has 22 heavy (non-hydrogen) atoms. The smallest absolute Gasteiger partial charge is 0.0991 e. The number of fused-ring (bicyclic) bond motifs is 1. The van der Waals surface area contributed by atoms with Crippen LogP contribution in [-0.4, -0.2) is 4.98 Å². The van der Waals surface area contributed by atoms with E-state index in [1.54, 1.807) is 24.4 Å². The van der Waals surface area contributed by atoms with Crippen molar-refractivity contribution in [1.82, 2.24) is 4.98 Å². The fourth-order valence-electron chi connectivity index (χ4n) is 2.13. The van der Waals surface area contributed by atoms with E-state index in [-0.39, 0.29) is 0 Å². The maximum atomic E-state index is 8.88. The number of nitriles is 1. The Kier molecular flexibility index (Phi) is 4.08. The normalized spacial score (nSPS) is 10.9. The second kappa shape index (κ2) is 6.33. The Morgan fingerprint density at radius 1 is 1.14 bits per heavy atom. The van der Waals surface area contributed by atoms with E-state index >= 15 is 0 Å². The van der Waals surface area contributed by atoms with Gasteiger partial charge < -0.3 is 0 Å². The summed E-state index contributed by atoms with van der Waals surface area (Å²) < 4.78 is 0. The minimum Gasteiger partial charge on any atom is -0.256 e. The molecule has 0 bridgehead atoms. The SMILES string of the molecule is N#Cc1cccc(CN=Nc2ccnc3cc(Cl)ccc23)c1. The Hall–Kier alpha value is -2.77. The van der Waals surface area contributed by atoms with E-state index < -0.39 is 0 Å². The minimum atomic E-state index is 0.424. The third-order valence-electron chi connectivity index (χ3n) is 3.17. The first-order valence-corrected chi connectivity index (χ1v) is 7.05. The molecule has 0 aliphatic rings. The van der Waals surface area contributed by atoms with Gasteiger partial charge in [0.1, 0.15) is 0 Å². The zero-order valence-electron chi connectivity index (χ0n) is 11.6. The molecule has 4 nitrogen and oxygen atoms in total. The van der Waals surface area contributed by atoms with Crippen LogP contribution in [0.1, 0.15) is 11.1 Å². The third kappa shape index (κ3) is 3.11. The molecule has 0 N–H and O–H groups in total. The summed E-state index contributed by atoms with van der Waals surface area (Å²) in [6.45, 7) is 0.424. The number of azo groups is 1. The lowest BCUT2D eigenvalue weighted by molar-refractivity contribution is 0.960. The van der Waals surface area contributed by atoms with Crippen molar-refractivity contribution in [3.8, 4) is 6.07 Å². The van der Waals surface area contributed by atoms with Crippen LogP contribution in [0.2, 0.25) is 5.02 Å². The van der Waals surface area contributed by atoms with Gasteiger partial charge in [-0.15, -0.1) is 0 Å². The van der Waals surface area contributed by atoms with Gasteiger partial charge in [-0.05, 0) is 42.0 Å². The van der Waals surface area contributed by atoms with Gasteiger partial charge in [-0.25, -0.2) is 0 Å². The van der Waals surface area contributed by atoms with E-state index in [9.17, 15) is 0 Å². The van der Waals surface area contributed by atoms with E-state index in [1.807, 2.05) is 30.3 Å². The molecule has 0 aliphatic heterocycles. The maximum Gasteiger partial charge on any atom is 0.0991 e. The first-order valence-electron chi connectivity index (χ1n) is 6.67. The van der Waals surface area contributed by atoms with Crippen LogP contribution < -0.4 is 0 Å². The molecular formula is C17H11ClN4. The van der Waals surface area contributed by atoms with E-state index in [1.165, 1.54) is 0 Å². The number of hydrogen-bond acceptors (Lipinski definition) is 4. The summed E-state index contributed by atoms with van der Waals surface area (Å²) >= 11 is 5.96. The number of benzene rings is 2. The van der Waals surface area contributed by atoms with Crippen molar-refractivity contribution in [1.29, 1.82) is 5.26 Å². The van der Waals surface area contributed by atoms with Crippen LogP contribution in [0.25, 0.3) is 10.9 Å². The highest BCUT2D eigenvalue weighted by atomic mass is 35.5. The average molecular weight is 307 g/mol. The summed E-state index contributed by atoms with van der Waals surface area (Å²) in [5.41, 5.74) is 3.11. The van der Waals surface area contributed by atoms with Gasteiger partial charge in [-0.2, -0.15) is 15.5 Å². The Morgan fingerprint density at radius 3 is 2.91 bits per heavy atom. The predicted octanol–water partition coefficient (Wildman–Crippen LogP) is 5.04. The molecule has 0 aliphatic carbocycles. The number of rotatable bonds is 3. The van der Waals surface area contributed by atoms with Gasteiger partial charge in [0, 0.05) is 16.6 Å². The van der Waals surface area contributed by atoms with Crippen LogP contribution in [0.4, 0.5) is 5.69 Å². The van der Waals surface area contributed by atoms with Crippen molar-refractivity contribution in [2.24, 2.45) is 10.2 Å². The lowest BCUT2D eigenvalue weighted by Gasteiger charge is -2.01. The van der Waals surface area contributed by atoms with Gasteiger partial charge in [-0.3, -0.25) is 4.98 Å². The van der Waals surface area contributed by atoms with Crippen LogP contribution in [-0.2, 0) is 6.54 Å². The highest BCUT2D eigenvalue weighted by Gasteiger charge is 2.01. The molecule has 0 spiro atoms. The fourth-order valence-corrected chi connectivity index (χ4v) is 2.29. The molecule has 0 unspecified atom stereocenters. The molecule has 0 saturated carbocycles. The van der Waals surface area contributed by atoms with Crippen molar-refractivity contribution in [3.63, 3.8) is 0 Å². The highest BCUT2D eigenvalue weighted by molar-refractivity contribution is 6.31. The predicted molar refractivity (Wildman–Crippen MR) is 86.1 cm³/mol. The first-order chi connectivity index (χ1) is 10.8. The molecule has 2 aromatic carbocycles. The molecule has 0 radical (unpaired) electrons. The number of halogens is 1. The molecular weight excluding hydrogens is 296 g/mol. The van der Waals surface area contributed by atoms with Crippen LogP contribution >= 0.6 is 11.6 Å². The van der Waals surface area contributed by atoms with Crippen LogP contribution in [0.5, 0.6) is 0 Å². The number of pyridine rings is 1. The fraction of sp³-hybridized carbons (Fsp3) is 0.0588. The largest absolute Gasteiger partial charge is 0.256 e. The van der Waals surface area contributed by atoms with Gasteiger partial charge in [-0.1, -0.05) is 23.7 Å². The summed E-state index contributed by atoms with van der Waals surface area (Å²) in [6.07, 6.45) is 1.68. The molecule has 0 amide bonds. The van der Waals surface area contributed by atoms with E-state index in [2.05, 4.69) is 21.3 Å². The maximum absolute atomic E-state index is 8.88. The number of nitrogens with zero attached hydrogens (tertiary/aromatic N) is 4. The molecule has 3 rings (SSSR count). The summed E-state index contributed by atoms with van der Waals surface area (Å²) in [6, 6.07) is 16.7. The second-order valence-corrected chi connectivity index (χ2v) is 5.14. The second-order valence-electron chi connectivity index (χ2n) is 4.70. The average Bonchev–Trinajstić information content (AvgIpc) is 2.55.